The zero-order chi connectivity index (χ0) is 15.4. The molecule has 1 saturated carbocycles. The van der Waals surface area contributed by atoms with Crippen LogP contribution in [0.2, 0.25) is 0 Å². The van der Waals surface area contributed by atoms with Crippen LogP contribution >= 0.6 is 15.9 Å². The van der Waals surface area contributed by atoms with E-state index in [0.717, 1.165) is 35.7 Å². The lowest BCUT2D eigenvalue weighted by atomic mass is 9.94. The predicted molar refractivity (Wildman–Crippen MR) is 84.3 cm³/mol. The van der Waals surface area contributed by atoms with Crippen LogP contribution in [0.25, 0.3) is 0 Å². The normalized spacial score (nSPS) is 22.4. The zero-order valence-corrected chi connectivity index (χ0v) is 13.6. The Morgan fingerprint density at radius 3 is 2.67 bits per heavy atom. The standard InChI is InChI=1S/C16H20BrNO3/c1-10-7-8-13(17)12(9-10)15(19)18-14-6-4-2-3-5-11(14)16(20)21/h7-9,11,14H,2-6H2,1H3,(H,18,19)(H,20,21). The van der Waals surface area contributed by atoms with Gasteiger partial charge in [-0.25, -0.2) is 0 Å². The van der Waals surface area contributed by atoms with E-state index in [1.54, 1.807) is 0 Å². The molecule has 1 aromatic carbocycles. The Labute approximate surface area is 133 Å². The summed E-state index contributed by atoms with van der Waals surface area (Å²) in [5.41, 5.74) is 1.56. The topological polar surface area (TPSA) is 66.4 Å². The van der Waals surface area contributed by atoms with Gasteiger partial charge in [0.15, 0.2) is 0 Å². The highest BCUT2D eigenvalue weighted by Crippen LogP contribution is 2.25. The Morgan fingerprint density at radius 2 is 1.95 bits per heavy atom. The lowest BCUT2D eigenvalue weighted by Gasteiger charge is -2.23. The Morgan fingerprint density at radius 1 is 1.24 bits per heavy atom. The smallest absolute Gasteiger partial charge is 0.308 e. The number of hydrogen-bond acceptors (Lipinski definition) is 2. The number of amides is 1. The molecule has 4 nitrogen and oxygen atoms in total. The summed E-state index contributed by atoms with van der Waals surface area (Å²) in [7, 11) is 0. The molecule has 1 aromatic rings. The summed E-state index contributed by atoms with van der Waals surface area (Å²) >= 11 is 3.38. The molecule has 0 radical (unpaired) electrons. The van der Waals surface area contributed by atoms with Crippen molar-refractivity contribution >= 4 is 27.8 Å². The summed E-state index contributed by atoms with van der Waals surface area (Å²) in [4.78, 5) is 23.8. The molecule has 0 saturated heterocycles. The fourth-order valence-electron chi connectivity index (χ4n) is 2.84. The highest BCUT2D eigenvalue weighted by Gasteiger charge is 2.31. The molecule has 2 unspecified atom stereocenters. The van der Waals surface area contributed by atoms with E-state index in [2.05, 4.69) is 21.2 Å². The first-order valence-electron chi connectivity index (χ1n) is 7.29. The van der Waals surface area contributed by atoms with Crippen LogP contribution in [0.4, 0.5) is 0 Å². The van der Waals surface area contributed by atoms with E-state index in [4.69, 9.17) is 0 Å². The largest absolute Gasteiger partial charge is 0.481 e. The van der Waals surface area contributed by atoms with Gasteiger partial charge in [-0.15, -0.1) is 0 Å². The average Bonchev–Trinajstić information content (AvgIpc) is 2.67. The van der Waals surface area contributed by atoms with E-state index in [0.29, 0.717) is 12.0 Å². The summed E-state index contributed by atoms with van der Waals surface area (Å²) in [6.07, 6.45) is 4.27. The van der Waals surface area contributed by atoms with Crippen molar-refractivity contribution in [1.82, 2.24) is 5.32 Å². The van der Waals surface area contributed by atoms with Crippen LogP contribution in [0.15, 0.2) is 22.7 Å². The first-order valence-corrected chi connectivity index (χ1v) is 8.08. The van der Waals surface area contributed by atoms with Crippen LogP contribution in [0.5, 0.6) is 0 Å². The van der Waals surface area contributed by atoms with E-state index in [1.165, 1.54) is 0 Å². The molecule has 114 valence electrons. The number of aliphatic carboxylic acids is 1. The molecule has 0 heterocycles. The Hall–Kier alpha value is -1.36. The second-order valence-electron chi connectivity index (χ2n) is 5.65. The molecule has 0 aliphatic heterocycles. The predicted octanol–water partition coefficient (Wildman–Crippen LogP) is 3.52. The van der Waals surface area contributed by atoms with Gasteiger partial charge in [0.25, 0.3) is 5.91 Å². The van der Waals surface area contributed by atoms with Crippen LogP contribution in [-0.2, 0) is 4.79 Å². The highest BCUT2D eigenvalue weighted by atomic mass is 79.9. The van der Waals surface area contributed by atoms with Crippen molar-refractivity contribution in [1.29, 1.82) is 0 Å². The number of carboxylic acid groups (broad SMARTS) is 1. The Bertz CT molecular complexity index is 544. The third-order valence-electron chi connectivity index (χ3n) is 4.02. The van der Waals surface area contributed by atoms with Crippen LogP contribution in [-0.4, -0.2) is 23.0 Å². The highest BCUT2D eigenvalue weighted by molar-refractivity contribution is 9.10. The molecule has 1 aliphatic rings. The molecule has 2 N–H and O–H groups in total. The molecule has 0 aromatic heterocycles. The van der Waals surface area contributed by atoms with E-state index in [9.17, 15) is 14.7 Å². The average molecular weight is 354 g/mol. The third-order valence-corrected chi connectivity index (χ3v) is 4.71. The molecular weight excluding hydrogens is 334 g/mol. The van der Waals surface area contributed by atoms with Gasteiger partial charge in [0.2, 0.25) is 0 Å². The van der Waals surface area contributed by atoms with Gasteiger partial charge < -0.3 is 10.4 Å². The number of hydrogen-bond donors (Lipinski definition) is 2. The van der Waals surface area contributed by atoms with Gasteiger partial charge in [-0.05, 0) is 47.8 Å². The maximum absolute atomic E-state index is 12.4. The van der Waals surface area contributed by atoms with Crippen molar-refractivity contribution in [3.8, 4) is 0 Å². The van der Waals surface area contributed by atoms with Gasteiger partial charge in [-0.2, -0.15) is 0 Å². The number of aryl methyl sites for hydroxylation is 1. The molecule has 2 rings (SSSR count). The first kappa shape index (κ1) is 16.0. The van der Waals surface area contributed by atoms with Gasteiger partial charge in [-0.3, -0.25) is 9.59 Å². The molecule has 1 aliphatic carbocycles. The minimum Gasteiger partial charge on any atom is -0.481 e. The zero-order valence-electron chi connectivity index (χ0n) is 12.1. The summed E-state index contributed by atoms with van der Waals surface area (Å²) in [5.74, 6) is -1.51. The van der Waals surface area contributed by atoms with Crippen molar-refractivity contribution in [3.05, 3.63) is 33.8 Å². The van der Waals surface area contributed by atoms with Crippen LogP contribution < -0.4 is 5.32 Å². The molecule has 0 spiro atoms. The van der Waals surface area contributed by atoms with Gasteiger partial charge in [0, 0.05) is 10.5 Å². The number of nitrogens with one attached hydrogen (secondary N) is 1. The number of rotatable bonds is 3. The molecule has 2 atom stereocenters. The van der Waals surface area contributed by atoms with E-state index < -0.39 is 11.9 Å². The third kappa shape index (κ3) is 4.06. The fourth-order valence-corrected chi connectivity index (χ4v) is 3.26. The van der Waals surface area contributed by atoms with Crippen molar-refractivity contribution in [3.63, 3.8) is 0 Å². The Kier molecular flexibility index (Phi) is 5.39. The second kappa shape index (κ2) is 7.07. The van der Waals surface area contributed by atoms with Gasteiger partial charge >= 0.3 is 5.97 Å². The second-order valence-corrected chi connectivity index (χ2v) is 6.50. The SMILES string of the molecule is Cc1ccc(Br)c(C(=O)NC2CCCCCC2C(=O)O)c1. The van der Waals surface area contributed by atoms with Crippen LogP contribution in [0.3, 0.4) is 0 Å². The van der Waals surface area contributed by atoms with Gasteiger partial charge in [0.05, 0.1) is 11.5 Å². The van der Waals surface area contributed by atoms with Gasteiger partial charge in [-0.1, -0.05) is 30.9 Å². The minimum absolute atomic E-state index is 0.205. The maximum atomic E-state index is 12.4. The number of benzene rings is 1. The van der Waals surface area contributed by atoms with Crippen LogP contribution in [0.1, 0.15) is 48.0 Å². The lowest BCUT2D eigenvalue weighted by molar-refractivity contribution is -0.142. The summed E-state index contributed by atoms with van der Waals surface area (Å²) in [6.45, 7) is 1.93. The Balaban J connectivity index is 2.16. The minimum atomic E-state index is -0.814. The van der Waals surface area contributed by atoms with E-state index in [1.807, 2.05) is 25.1 Å². The van der Waals surface area contributed by atoms with Crippen molar-refractivity contribution in [2.75, 3.05) is 0 Å². The summed E-state index contributed by atoms with van der Waals surface area (Å²) in [5, 5.41) is 12.3. The lowest BCUT2D eigenvalue weighted by Crippen LogP contribution is -2.43. The summed E-state index contributed by atoms with van der Waals surface area (Å²) in [6, 6.07) is 5.29. The number of carbonyl (C=O) groups excluding carboxylic acids is 1. The van der Waals surface area contributed by atoms with Crippen molar-refractivity contribution in [2.45, 2.75) is 45.1 Å². The molecule has 21 heavy (non-hydrogen) atoms. The number of halogens is 1. The number of carbonyl (C=O) groups is 2. The van der Waals surface area contributed by atoms with Gasteiger partial charge in [0.1, 0.15) is 0 Å². The van der Waals surface area contributed by atoms with Crippen LogP contribution in [0, 0.1) is 12.8 Å². The van der Waals surface area contributed by atoms with E-state index in [-0.39, 0.29) is 11.9 Å². The van der Waals surface area contributed by atoms with E-state index >= 15 is 0 Å². The molecule has 5 heteroatoms. The molecule has 1 fully saturated rings. The quantitative estimate of drug-likeness (QED) is 0.817. The molecule has 1 amide bonds. The van der Waals surface area contributed by atoms with Crippen molar-refractivity contribution < 1.29 is 14.7 Å². The fraction of sp³-hybridized carbons (Fsp3) is 0.500. The summed E-state index contributed by atoms with van der Waals surface area (Å²) < 4.78 is 0.728. The monoisotopic (exact) mass is 353 g/mol. The van der Waals surface area contributed by atoms with Crippen molar-refractivity contribution in [2.24, 2.45) is 5.92 Å². The number of carboxylic acids is 1. The molecule has 0 bridgehead atoms. The molecular formula is C16H20BrNO3. The first-order chi connectivity index (χ1) is 9.99. The maximum Gasteiger partial charge on any atom is 0.308 e.